The van der Waals surface area contributed by atoms with Crippen LogP contribution in [0.1, 0.15) is 18.9 Å². The highest BCUT2D eigenvalue weighted by atomic mass is 32.1. The summed E-state index contributed by atoms with van der Waals surface area (Å²) in [5.74, 6) is -0.0725. The number of hydrogen-bond donors (Lipinski definition) is 0. The lowest BCUT2D eigenvalue weighted by molar-refractivity contribution is -0.142. The summed E-state index contributed by atoms with van der Waals surface area (Å²) in [6.45, 7) is 4.82. The van der Waals surface area contributed by atoms with E-state index in [1.807, 2.05) is 12.1 Å². The maximum absolute atomic E-state index is 12.7. The minimum Gasteiger partial charge on any atom is -0.325 e. The van der Waals surface area contributed by atoms with E-state index < -0.39 is 0 Å². The summed E-state index contributed by atoms with van der Waals surface area (Å²) in [6, 6.07) is 5.88. The molecule has 2 fully saturated rings. The summed E-state index contributed by atoms with van der Waals surface area (Å²) in [4.78, 5) is 35.1. The van der Waals surface area contributed by atoms with E-state index in [0.717, 1.165) is 31.7 Å². The molecular formula is C19H22N4O2S. The molecule has 2 aliphatic rings. The van der Waals surface area contributed by atoms with Crippen LogP contribution in [0.2, 0.25) is 0 Å². The third kappa shape index (κ3) is 3.12. The molecule has 0 saturated carbocycles. The van der Waals surface area contributed by atoms with Gasteiger partial charge in [0.1, 0.15) is 6.54 Å². The summed E-state index contributed by atoms with van der Waals surface area (Å²) >= 11 is 1.70. The van der Waals surface area contributed by atoms with Gasteiger partial charge in [-0.1, -0.05) is 0 Å². The van der Waals surface area contributed by atoms with E-state index in [0.29, 0.717) is 6.54 Å². The topological polar surface area (TPSA) is 56.8 Å². The third-order valence-corrected chi connectivity index (χ3v) is 6.09. The summed E-state index contributed by atoms with van der Waals surface area (Å²) in [5.41, 5.74) is 1.78. The fraction of sp³-hybridized carbons (Fsp3) is 0.421. The van der Waals surface area contributed by atoms with E-state index in [1.165, 1.54) is 5.56 Å². The van der Waals surface area contributed by atoms with Crippen molar-refractivity contribution < 1.29 is 9.59 Å². The van der Waals surface area contributed by atoms with Crippen molar-refractivity contribution in [1.82, 2.24) is 14.8 Å². The molecule has 1 spiro atoms. The maximum atomic E-state index is 12.7. The fourth-order valence-corrected chi connectivity index (χ4v) is 4.78. The van der Waals surface area contributed by atoms with Crippen molar-refractivity contribution >= 4 is 28.8 Å². The Bertz CT molecular complexity index is 795. The van der Waals surface area contributed by atoms with Gasteiger partial charge < -0.3 is 9.80 Å². The molecule has 7 heteroatoms. The average molecular weight is 370 g/mol. The van der Waals surface area contributed by atoms with Gasteiger partial charge in [-0.05, 0) is 40.9 Å². The predicted molar refractivity (Wildman–Crippen MR) is 101 cm³/mol. The number of piperazine rings is 1. The first-order valence-electron chi connectivity index (χ1n) is 8.79. The second kappa shape index (κ2) is 6.81. The second-order valence-corrected chi connectivity index (χ2v) is 7.89. The Hall–Kier alpha value is -2.25. The molecule has 0 unspecified atom stereocenters. The van der Waals surface area contributed by atoms with E-state index in [9.17, 15) is 9.59 Å². The van der Waals surface area contributed by atoms with Crippen LogP contribution < -0.4 is 4.90 Å². The van der Waals surface area contributed by atoms with E-state index in [2.05, 4.69) is 26.7 Å². The molecule has 136 valence electrons. The number of thiophene rings is 1. The van der Waals surface area contributed by atoms with Crippen molar-refractivity contribution in [2.45, 2.75) is 25.4 Å². The number of hydrogen-bond acceptors (Lipinski definition) is 5. The van der Waals surface area contributed by atoms with Gasteiger partial charge in [-0.3, -0.25) is 19.5 Å². The number of carbonyl (C=O) groups is 2. The van der Waals surface area contributed by atoms with Crippen molar-refractivity contribution in [3.8, 4) is 0 Å². The summed E-state index contributed by atoms with van der Waals surface area (Å²) in [6.07, 6.45) is 4.29. The molecule has 0 N–H and O–H groups in total. The summed E-state index contributed by atoms with van der Waals surface area (Å²) in [7, 11) is 0. The minimum absolute atomic E-state index is 0.0263. The number of rotatable bonds is 3. The number of pyridine rings is 1. The van der Waals surface area contributed by atoms with Gasteiger partial charge >= 0.3 is 0 Å². The van der Waals surface area contributed by atoms with Crippen molar-refractivity contribution in [2.75, 3.05) is 31.1 Å². The zero-order valence-electron chi connectivity index (χ0n) is 14.8. The molecule has 2 saturated heterocycles. The first kappa shape index (κ1) is 17.2. The molecule has 2 aliphatic heterocycles. The van der Waals surface area contributed by atoms with Crippen LogP contribution in [0.4, 0.5) is 5.69 Å². The number of anilines is 1. The number of amides is 2. The molecule has 4 rings (SSSR count). The molecule has 0 aromatic carbocycles. The van der Waals surface area contributed by atoms with Crippen LogP contribution in [-0.2, 0) is 16.1 Å². The van der Waals surface area contributed by atoms with Gasteiger partial charge in [-0.15, -0.1) is 0 Å². The number of carbonyl (C=O) groups excluding carboxylic acids is 2. The van der Waals surface area contributed by atoms with E-state index >= 15 is 0 Å². The molecule has 4 heterocycles. The lowest BCUT2D eigenvalue weighted by atomic mass is 9.92. The molecule has 0 aliphatic carbocycles. The Morgan fingerprint density at radius 3 is 2.92 bits per heavy atom. The SMILES string of the molecule is CC(=O)N1CC(=O)N(c2cccnc2)C[C@@]12CCN(Cc1ccsc1)C2. The minimum atomic E-state index is -0.328. The van der Waals surface area contributed by atoms with Crippen LogP contribution in [0.15, 0.2) is 41.4 Å². The lowest BCUT2D eigenvalue weighted by Gasteiger charge is -2.48. The van der Waals surface area contributed by atoms with Crippen LogP contribution in [0.5, 0.6) is 0 Å². The van der Waals surface area contributed by atoms with Crippen molar-refractivity contribution in [3.05, 3.63) is 46.9 Å². The molecule has 26 heavy (non-hydrogen) atoms. The van der Waals surface area contributed by atoms with Crippen LogP contribution in [-0.4, -0.2) is 58.3 Å². The van der Waals surface area contributed by atoms with Crippen LogP contribution in [0.25, 0.3) is 0 Å². The van der Waals surface area contributed by atoms with Gasteiger partial charge in [0.2, 0.25) is 11.8 Å². The Morgan fingerprint density at radius 1 is 1.35 bits per heavy atom. The van der Waals surface area contributed by atoms with Gasteiger partial charge in [0, 0.05) is 32.8 Å². The molecule has 6 nitrogen and oxygen atoms in total. The van der Waals surface area contributed by atoms with E-state index in [1.54, 1.807) is 40.5 Å². The Kier molecular flexibility index (Phi) is 4.50. The van der Waals surface area contributed by atoms with Crippen molar-refractivity contribution in [3.63, 3.8) is 0 Å². The molecule has 2 amide bonds. The monoisotopic (exact) mass is 370 g/mol. The number of nitrogens with zero attached hydrogens (tertiary/aromatic N) is 4. The van der Waals surface area contributed by atoms with E-state index in [4.69, 9.17) is 0 Å². The van der Waals surface area contributed by atoms with Crippen LogP contribution in [0.3, 0.4) is 0 Å². The smallest absolute Gasteiger partial charge is 0.246 e. The zero-order chi connectivity index (χ0) is 18.1. The predicted octanol–water partition coefficient (Wildman–Crippen LogP) is 1.98. The largest absolute Gasteiger partial charge is 0.325 e. The number of aromatic nitrogens is 1. The summed E-state index contributed by atoms with van der Waals surface area (Å²) < 4.78 is 0. The average Bonchev–Trinajstić information content (AvgIpc) is 3.28. The normalized spacial score (nSPS) is 23.8. The Labute approximate surface area is 157 Å². The Morgan fingerprint density at radius 2 is 2.23 bits per heavy atom. The van der Waals surface area contributed by atoms with Gasteiger partial charge in [0.15, 0.2) is 0 Å². The molecule has 1 atom stereocenters. The molecule has 0 radical (unpaired) electrons. The van der Waals surface area contributed by atoms with E-state index in [-0.39, 0.29) is 23.9 Å². The maximum Gasteiger partial charge on any atom is 0.246 e. The standard InChI is InChI=1S/C19H22N4O2S/c1-15(24)23-11-18(25)22(17-3-2-6-20-9-17)14-19(23)5-7-21(13-19)10-16-4-8-26-12-16/h2-4,6,8-9,12H,5,7,10-11,13-14H2,1H3/t19-/m0/s1. The second-order valence-electron chi connectivity index (χ2n) is 7.11. The van der Waals surface area contributed by atoms with Crippen molar-refractivity contribution in [2.24, 2.45) is 0 Å². The highest BCUT2D eigenvalue weighted by Crippen LogP contribution is 2.35. The first-order chi connectivity index (χ1) is 12.6. The molecular weight excluding hydrogens is 348 g/mol. The van der Waals surface area contributed by atoms with Crippen molar-refractivity contribution in [1.29, 1.82) is 0 Å². The molecule has 2 aromatic rings. The highest BCUT2D eigenvalue weighted by molar-refractivity contribution is 7.07. The van der Waals surface area contributed by atoms with Crippen LogP contribution in [0, 0.1) is 0 Å². The van der Waals surface area contributed by atoms with Gasteiger partial charge in [-0.25, -0.2) is 0 Å². The quantitative estimate of drug-likeness (QED) is 0.829. The van der Waals surface area contributed by atoms with Crippen LogP contribution >= 0.6 is 11.3 Å². The zero-order valence-corrected chi connectivity index (χ0v) is 15.6. The van der Waals surface area contributed by atoms with Gasteiger partial charge in [0.25, 0.3) is 0 Å². The molecule has 2 aromatic heterocycles. The summed E-state index contributed by atoms with van der Waals surface area (Å²) in [5, 5.41) is 4.26. The third-order valence-electron chi connectivity index (χ3n) is 5.35. The fourth-order valence-electron chi connectivity index (χ4n) is 4.12. The highest BCUT2D eigenvalue weighted by Gasteiger charge is 2.50. The Balaban J connectivity index is 1.59. The lowest BCUT2D eigenvalue weighted by Crippen LogP contribution is -2.66. The molecule has 0 bridgehead atoms. The van der Waals surface area contributed by atoms with Gasteiger partial charge in [-0.2, -0.15) is 11.3 Å². The number of likely N-dealkylation sites (tertiary alicyclic amines) is 1. The first-order valence-corrected chi connectivity index (χ1v) is 9.74. The van der Waals surface area contributed by atoms with Gasteiger partial charge in [0.05, 0.1) is 24.0 Å².